The van der Waals surface area contributed by atoms with Crippen LogP contribution in [-0.4, -0.2) is 102 Å². The van der Waals surface area contributed by atoms with Gasteiger partial charge in [-0.2, -0.15) is 0 Å². The average molecular weight is 398 g/mol. The van der Waals surface area contributed by atoms with Gasteiger partial charge in [-0.1, -0.05) is 0 Å². The van der Waals surface area contributed by atoms with Crippen LogP contribution in [0.3, 0.4) is 0 Å². The first-order chi connectivity index (χ1) is 10.7. The van der Waals surface area contributed by atoms with Gasteiger partial charge in [0.2, 0.25) is 5.79 Å². The van der Waals surface area contributed by atoms with E-state index in [2.05, 4.69) is 0 Å². The Morgan fingerprint density at radius 3 is 1.96 bits per heavy atom. The Balaban J connectivity index is 2.46. The van der Waals surface area contributed by atoms with Gasteiger partial charge in [-0.05, 0) is 0 Å². The first-order valence-corrected chi connectivity index (χ1v) is 8.37. The molecule has 9 atom stereocenters. The number of aliphatic hydroxyl groups excluding tert-OH is 5. The maximum atomic E-state index is 10.9. The van der Waals surface area contributed by atoms with Crippen LogP contribution in [-0.2, 0) is 9.47 Å². The minimum atomic E-state index is -2.74. The smallest absolute Gasteiger partial charge is 0.229 e. The minimum absolute atomic E-state index is 0.229. The van der Waals surface area contributed by atoms with Crippen LogP contribution in [0.15, 0.2) is 0 Å². The lowest BCUT2D eigenvalue weighted by molar-refractivity contribution is -0.390. The van der Waals surface area contributed by atoms with Crippen LogP contribution >= 0.6 is 34.8 Å². The summed E-state index contributed by atoms with van der Waals surface area (Å²) < 4.78 is 10.7. The third kappa shape index (κ3) is 2.78. The van der Waals surface area contributed by atoms with Gasteiger partial charge >= 0.3 is 0 Å². The molecule has 2 heterocycles. The molecule has 0 aromatic heterocycles. The Labute approximate surface area is 147 Å². The molecule has 0 bridgehead atoms. The Hall–Kier alpha value is 0.550. The second-order valence-electron chi connectivity index (χ2n) is 5.68. The highest BCUT2D eigenvalue weighted by Gasteiger charge is 2.71. The molecule has 0 radical (unpaired) electrons. The monoisotopic (exact) mass is 396 g/mol. The maximum Gasteiger partial charge on any atom is 0.229 e. The van der Waals surface area contributed by atoms with E-state index in [0.717, 1.165) is 0 Å². The van der Waals surface area contributed by atoms with E-state index in [1.54, 1.807) is 0 Å². The second-order valence-corrected chi connectivity index (χ2v) is 6.76. The first-order valence-electron chi connectivity index (χ1n) is 6.87. The molecule has 23 heavy (non-hydrogen) atoms. The predicted molar refractivity (Wildman–Crippen MR) is 79.6 cm³/mol. The van der Waals surface area contributed by atoms with Crippen LogP contribution in [0.4, 0.5) is 0 Å². The number of aliphatic hydroxyl groups is 6. The number of alkyl halides is 3. The summed E-state index contributed by atoms with van der Waals surface area (Å²) in [4.78, 5) is 0. The van der Waals surface area contributed by atoms with Crippen LogP contribution in [0.2, 0.25) is 0 Å². The van der Waals surface area contributed by atoms with Gasteiger partial charge in [-0.3, -0.25) is 0 Å². The fourth-order valence-corrected chi connectivity index (χ4v) is 3.92. The van der Waals surface area contributed by atoms with Crippen LogP contribution in [0.1, 0.15) is 0 Å². The van der Waals surface area contributed by atoms with Crippen molar-refractivity contribution >= 4 is 34.8 Å². The molecule has 2 aliphatic rings. The molecule has 2 saturated heterocycles. The van der Waals surface area contributed by atoms with Gasteiger partial charge in [0.15, 0.2) is 5.60 Å². The quantitative estimate of drug-likeness (QED) is 0.292. The van der Waals surface area contributed by atoms with E-state index >= 15 is 0 Å². The van der Waals surface area contributed by atoms with Gasteiger partial charge < -0.3 is 40.1 Å². The van der Waals surface area contributed by atoms with Crippen LogP contribution < -0.4 is 0 Å². The summed E-state index contributed by atoms with van der Waals surface area (Å²) in [6.45, 7) is -0.684. The van der Waals surface area contributed by atoms with Crippen LogP contribution in [0.5, 0.6) is 0 Å². The lowest BCUT2D eigenvalue weighted by Gasteiger charge is -2.53. The van der Waals surface area contributed by atoms with Crippen molar-refractivity contribution < 1.29 is 40.1 Å². The minimum Gasteiger partial charge on any atom is -0.394 e. The molecular weight excluding hydrogens is 378 g/mol. The third-order valence-corrected chi connectivity index (χ3v) is 5.66. The predicted octanol–water partition coefficient (Wildman–Crippen LogP) is -2.27. The van der Waals surface area contributed by atoms with E-state index in [9.17, 15) is 30.6 Å². The molecule has 6 N–H and O–H groups in total. The molecular formula is C12H19Cl3O8. The van der Waals surface area contributed by atoms with Crippen molar-refractivity contribution in [3.8, 4) is 0 Å². The summed E-state index contributed by atoms with van der Waals surface area (Å²) >= 11 is 17.3. The van der Waals surface area contributed by atoms with Gasteiger partial charge in [0.25, 0.3) is 0 Å². The summed E-state index contributed by atoms with van der Waals surface area (Å²) in [5.74, 6) is -3.58. The van der Waals surface area contributed by atoms with Crippen LogP contribution in [0, 0.1) is 0 Å². The van der Waals surface area contributed by atoms with Gasteiger partial charge in [0.1, 0.15) is 36.6 Å². The van der Waals surface area contributed by atoms with Gasteiger partial charge in [-0.15, -0.1) is 34.8 Å². The zero-order chi connectivity index (χ0) is 17.6. The molecule has 2 fully saturated rings. The largest absolute Gasteiger partial charge is 0.394 e. The van der Waals surface area contributed by atoms with Crippen molar-refractivity contribution in [2.75, 3.05) is 18.4 Å². The fourth-order valence-electron chi connectivity index (χ4n) is 2.99. The highest BCUT2D eigenvalue weighted by molar-refractivity contribution is 6.21. The molecule has 2 aliphatic heterocycles. The molecule has 11 heteroatoms. The molecule has 8 nitrogen and oxygen atoms in total. The van der Waals surface area contributed by atoms with E-state index in [1.807, 2.05) is 0 Å². The van der Waals surface area contributed by atoms with Crippen molar-refractivity contribution in [3.05, 3.63) is 0 Å². The Morgan fingerprint density at radius 2 is 1.52 bits per heavy atom. The van der Waals surface area contributed by atoms with Crippen molar-refractivity contribution in [1.82, 2.24) is 0 Å². The van der Waals surface area contributed by atoms with Crippen molar-refractivity contribution in [2.45, 2.75) is 53.4 Å². The van der Waals surface area contributed by atoms with Crippen molar-refractivity contribution in [2.24, 2.45) is 0 Å². The zero-order valence-corrected chi connectivity index (χ0v) is 14.1. The Bertz CT molecular complexity index is 429. The molecule has 0 aliphatic carbocycles. The number of ether oxygens (including phenoxy) is 2. The summed E-state index contributed by atoms with van der Waals surface area (Å²) in [7, 11) is 0. The average Bonchev–Trinajstić information content (AvgIpc) is 2.81. The van der Waals surface area contributed by atoms with Gasteiger partial charge in [0, 0.05) is 0 Å². The lowest BCUT2D eigenvalue weighted by Crippen LogP contribution is -2.76. The molecule has 0 aromatic rings. The summed E-state index contributed by atoms with van der Waals surface area (Å²) in [6.07, 6.45) is -9.39. The molecule has 0 amide bonds. The normalized spacial score (nSPS) is 54.4. The highest BCUT2D eigenvalue weighted by atomic mass is 35.5. The summed E-state index contributed by atoms with van der Waals surface area (Å²) in [5.41, 5.74) is -2.20. The van der Waals surface area contributed by atoms with Crippen molar-refractivity contribution in [3.63, 3.8) is 0 Å². The fraction of sp³-hybridized carbons (Fsp3) is 1.00. The van der Waals surface area contributed by atoms with E-state index in [0.29, 0.717) is 0 Å². The lowest BCUT2D eigenvalue weighted by atomic mass is 9.79. The van der Waals surface area contributed by atoms with E-state index < -0.39 is 65.9 Å². The molecule has 0 unspecified atom stereocenters. The Morgan fingerprint density at radius 1 is 0.913 bits per heavy atom. The summed E-state index contributed by atoms with van der Waals surface area (Å²) in [6, 6.07) is 0. The van der Waals surface area contributed by atoms with Crippen molar-refractivity contribution in [1.29, 1.82) is 0 Å². The van der Waals surface area contributed by atoms with E-state index in [1.165, 1.54) is 0 Å². The number of hydrogen-bond acceptors (Lipinski definition) is 8. The van der Waals surface area contributed by atoms with Gasteiger partial charge in [0.05, 0.1) is 23.7 Å². The first kappa shape index (κ1) is 19.9. The Kier molecular flexibility index (Phi) is 6.09. The van der Waals surface area contributed by atoms with E-state index in [4.69, 9.17) is 44.3 Å². The topological polar surface area (TPSA) is 140 Å². The SMILES string of the molecule is OC[C@H]1O[C@@](O)([C@]2(CCl)O[C@H](CCl)[C@@H](O)[C@@H]2O)[C@H](O)[C@@H](O)[C@H]1Cl. The molecule has 136 valence electrons. The molecule has 0 saturated carbocycles. The number of halogens is 3. The third-order valence-electron chi connectivity index (χ3n) is 4.42. The number of hydrogen-bond donors (Lipinski definition) is 6. The second kappa shape index (κ2) is 7.05. The van der Waals surface area contributed by atoms with Crippen LogP contribution in [0.25, 0.3) is 0 Å². The van der Waals surface area contributed by atoms with Gasteiger partial charge in [-0.25, -0.2) is 0 Å². The highest BCUT2D eigenvalue weighted by Crippen LogP contribution is 2.47. The maximum absolute atomic E-state index is 10.9. The zero-order valence-electron chi connectivity index (χ0n) is 11.8. The number of rotatable bonds is 4. The molecule has 0 aromatic carbocycles. The summed E-state index contributed by atoms with van der Waals surface area (Å²) in [5, 5.41) is 59.5. The molecule has 2 rings (SSSR count). The van der Waals surface area contributed by atoms with E-state index in [-0.39, 0.29) is 5.88 Å². The molecule has 0 spiro atoms. The standard InChI is InChI=1S/C12H19Cl3O8/c13-1-4-7(17)9(19)11(3-14,22-4)12(21)10(20)8(18)6(15)5(2-16)23-12/h4-10,16-21H,1-3H2/t4-,5-,6+,7-,8+,9+,10-,11-,12-/m1/s1.